The van der Waals surface area contributed by atoms with E-state index < -0.39 is 17.2 Å². The third-order valence-electron chi connectivity index (χ3n) is 4.41. The predicted octanol–water partition coefficient (Wildman–Crippen LogP) is 4.08. The topological polar surface area (TPSA) is 55.4 Å². The Kier molecular flexibility index (Phi) is 5.46. The second kappa shape index (κ2) is 6.37. The molecule has 1 saturated carbocycles. The van der Waals surface area contributed by atoms with E-state index in [-0.39, 0.29) is 5.41 Å². The highest BCUT2D eigenvalue weighted by Gasteiger charge is 2.40. The first-order chi connectivity index (χ1) is 9.47. The molecule has 0 unspecified atom stereocenters. The summed E-state index contributed by atoms with van der Waals surface area (Å²) in [5, 5.41) is 2.97. The predicted molar refractivity (Wildman–Crippen MR) is 84.2 cm³/mol. The SMILES string of the molecule is CC(C)(C)OC(=O)NC1(CC=O)CCC(C(C)(C)C)CC1. The van der Waals surface area contributed by atoms with Crippen molar-refractivity contribution < 1.29 is 14.3 Å². The van der Waals surface area contributed by atoms with Crippen molar-refractivity contribution in [3.05, 3.63) is 0 Å². The molecule has 122 valence electrons. The molecule has 0 saturated heterocycles. The third kappa shape index (κ3) is 5.68. The van der Waals surface area contributed by atoms with Gasteiger partial charge in [-0.3, -0.25) is 0 Å². The van der Waals surface area contributed by atoms with Crippen LogP contribution in [-0.2, 0) is 9.53 Å². The minimum Gasteiger partial charge on any atom is -0.444 e. The van der Waals surface area contributed by atoms with Gasteiger partial charge < -0.3 is 14.8 Å². The van der Waals surface area contributed by atoms with Gasteiger partial charge in [-0.25, -0.2) is 4.79 Å². The Labute approximate surface area is 129 Å². The number of aldehydes is 1. The Morgan fingerprint density at radius 3 is 2.10 bits per heavy atom. The number of hydrogen-bond acceptors (Lipinski definition) is 3. The van der Waals surface area contributed by atoms with E-state index in [1.807, 2.05) is 20.8 Å². The molecule has 1 aliphatic carbocycles. The first-order valence-corrected chi connectivity index (χ1v) is 7.92. The maximum absolute atomic E-state index is 12.0. The summed E-state index contributed by atoms with van der Waals surface area (Å²) in [6.45, 7) is 12.3. The minimum atomic E-state index is -0.519. The number of carbonyl (C=O) groups is 2. The quantitative estimate of drug-likeness (QED) is 0.799. The molecule has 4 heteroatoms. The second-order valence-electron chi connectivity index (χ2n) is 8.42. The lowest BCUT2D eigenvalue weighted by molar-refractivity contribution is -0.109. The van der Waals surface area contributed by atoms with Gasteiger partial charge in [0.05, 0.1) is 5.54 Å². The van der Waals surface area contributed by atoms with E-state index in [1.165, 1.54) is 0 Å². The van der Waals surface area contributed by atoms with Crippen LogP contribution in [0.15, 0.2) is 0 Å². The van der Waals surface area contributed by atoms with Crippen molar-refractivity contribution in [1.29, 1.82) is 0 Å². The van der Waals surface area contributed by atoms with Crippen molar-refractivity contribution in [2.75, 3.05) is 0 Å². The molecule has 0 atom stereocenters. The van der Waals surface area contributed by atoms with E-state index in [4.69, 9.17) is 4.74 Å². The highest BCUT2D eigenvalue weighted by molar-refractivity contribution is 5.69. The van der Waals surface area contributed by atoms with Gasteiger partial charge in [-0.15, -0.1) is 0 Å². The second-order valence-corrected chi connectivity index (χ2v) is 8.42. The van der Waals surface area contributed by atoms with Gasteiger partial charge in [0.2, 0.25) is 0 Å². The zero-order valence-electron chi connectivity index (χ0n) is 14.4. The summed E-state index contributed by atoms with van der Waals surface area (Å²) in [4.78, 5) is 23.1. The molecule has 1 amide bonds. The third-order valence-corrected chi connectivity index (χ3v) is 4.41. The minimum absolute atomic E-state index is 0.277. The summed E-state index contributed by atoms with van der Waals surface area (Å²) < 4.78 is 5.34. The van der Waals surface area contributed by atoms with Gasteiger partial charge in [-0.2, -0.15) is 0 Å². The normalized spacial score (nSPS) is 27.0. The fourth-order valence-corrected chi connectivity index (χ4v) is 3.10. The van der Waals surface area contributed by atoms with Crippen molar-refractivity contribution in [2.24, 2.45) is 11.3 Å². The summed E-state index contributed by atoms with van der Waals surface area (Å²) in [5.41, 5.74) is -0.667. The molecule has 0 heterocycles. The molecular weight excluding hydrogens is 266 g/mol. The van der Waals surface area contributed by atoms with Gasteiger partial charge in [0.15, 0.2) is 0 Å². The average molecular weight is 297 g/mol. The van der Waals surface area contributed by atoms with Gasteiger partial charge >= 0.3 is 6.09 Å². The molecule has 0 aromatic carbocycles. The number of nitrogens with one attached hydrogen (secondary N) is 1. The molecule has 0 aromatic heterocycles. The van der Waals surface area contributed by atoms with Crippen molar-refractivity contribution in [3.63, 3.8) is 0 Å². The molecule has 1 N–H and O–H groups in total. The number of hydrogen-bond donors (Lipinski definition) is 1. The largest absolute Gasteiger partial charge is 0.444 e. The van der Waals surface area contributed by atoms with Gasteiger partial charge in [-0.05, 0) is 57.8 Å². The summed E-state index contributed by atoms with van der Waals surface area (Å²) >= 11 is 0. The van der Waals surface area contributed by atoms with E-state index in [1.54, 1.807) is 0 Å². The van der Waals surface area contributed by atoms with Crippen LogP contribution in [0.3, 0.4) is 0 Å². The molecule has 0 bridgehead atoms. The molecule has 0 aromatic rings. The zero-order chi connectivity index (χ0) is 16.3. The summed E-state index contributed by atoms with van der Waals surface area (Å²) in [7, 11) is 0. The fraction of sp³-hybridized carbons (Fsp3) is 0.882. The van der Waals surface area contributed by atoms with Crippen LogP contribution in [0.2, 0.25) is 0 Å². The first kappa shape index (κ1) is 18.0. The summed E-state index contributed by atoms with van der Waals surface area (Å²) in [6, 6.07) is 0. The van der Waals surface area contributed by atoms with Gasteiger partial charge in [-0.1, -0.05) is 20.8 Å². The first-order valence-electron chi connectivity index (χ1n) is 7.92. The van der Waals surface area contributed by atoms with E-state index in [0.717, 1.165) is 32.0 Å². The summed E-state index contributed by atoms with van der Waals surface area (Å²) in [6.07, 6.45) is 4.61. The van der Waals surface area contributed by atoms with Crippen LogP contribution in [0.5, 0.6) is 0 Å². The van der Waals surface area contributed by atoms with E-state index in [2.05, 4.69) is 26.1 Å². The van der Waals surface area contributed by atoms with Crippen LogP contribution in [0, 0.1) is 11.3 Å². The molecule has 4 nitrogen and oxygen atoms in total. The van der Waals surface area contributed by atoms with E-state index >= 15 is 0 Å². The van der Waals surface area contributed by atoms with Crippen LogP contribution in [0.4, 0.5) is 4.79 Å². The molecule has 1 fully saturated rings. The molecular formula is C17H31NO3. The van der Waals surface area contributed by atoms with Crippen molar-refractivity contribution in [1.82, 2.24) is 5.32 Å². The number of amides is 1. The van der Waals surface area contributed by atoms with Gasteiger partial charge in [0.25, 0.3) is 0 Å². The lowest BCUT2D eigenvalue weighted by Gasteiger charge is -2.43. The van der Waals surface area contributed by atoms with Crippen LogP contribution < -0.4 is 5.32 Å². The van der Waals surface area contributed by atoms with Crippen molar-refractivity contribution in [3.8, 4) is 0 Å². The maximum atomic E-state index is 12.0. The lowest BCUT2D eigenvalue weighted by atomic mass is 9.66. The zero-order valence-corrected chi connectivity index (χ0v) is 14.4. The molecule has 21 heavy (non-hydrogen) atoms. The number of alkyl carbamates (subject to hydrolysis) is 1. The average Bonchev–Trinajstić information content (AvgIpc) is 2.25. The Morgan fingerprint density at radius 2 is 1.71 bits per heavy atom. The monoisotopic (exact) mass is 297 g/mol. The van der Waals surface area contributed by atoms with E-state index in [0.29, 0.717) is 12.3 Å². The van der Waals surface area contributed by atoms with Gasteiger partial charge in [0.1, 0.15) is 11.9 Å². The standard InChI is InChI=1S/C17H31NO3/c1-15(2,3)13-7-9-17(10-8-13,11-12-19)18-14(20)21-16(4,5)6/h12-13H,7-11H2,1-6H3,(H,18,20). The van der Waals surface area contributed by atoms with Crippen molar-refractivity contribution in [2.45, 2.75) is 84.8 Å². The van der Waals surface area contributed by atoms with Gasteiger partial charge in [0, 0.05) is 6.42 Å². The molecule has 1 aliphatic rings. The number of ether oxygens (including phenoxy) is 1. The molecule has 0 spiro atoms. The fourth-order valence-electron chi connectivity index (χ4n) is 3.10. The molecule has 0 radical (unpaired) electrons. The Hall–Kier alpha value is -1.06. The van der Waals surface area contributed by atoms with Crippen LogP contribution in [0.25, 0.3) is 0 Å². The van der Waals surface area contributed by atoms with Crippen LogP contribution in [-0.4, -0.2) is 23.5 Å². The Balaban J connectivity index is 2.70. The molecule has 1 rings (SSSR count). The number of rotatable bonds is 3. The molecule has 0 aliphatic heterocycles. The van der Waals surface area contributed by atoms with E-state index in [9.17, 15) is 9.59 Å². The van der Waals surface area contributed by atoms with Crippen LogP contribution in [0.1, 0.15) is 73.6 Å². The maximum Gasteiger partial charge on any atom is 0.408 e. The summed E-state index contributed by atoms with van der Waals surface area (Å²) in [5.74, 6) is 0.637. The Bertz CT molecular complexity index is 368. The number of carbonyl (C=O) groups excluding carboxylic acids is 2. The Morgan fingerprint density at radius 1 is 1.19 bits per heavy atom. The van der Waals surface area contributed by atoms with Crippen molar-refractivity contribution >= 4 is 12.4 Å². The highest BCUT2D eigenvalue weighted by Crippen LogP contribution is 2.42. The van der Waals surface area contributed by atoms with Crippen LogP contribution >= 0.6 is 0 Å². The highest BCUT2D eigenvalue weighted by atomic mass is 16.6. The lowest BCUT2D eigenvalue weighted by Crippen LogP contribution is -2.53. The smallest absolute Gasteiger partial charge is 0.408 e.